The first kappa shape index (κ1) is 18.4. The number of aromatic amines is 2. The fourth-order valence-electron chi connectivity index (χ4n) is 3.18. The lowest BCUT2D eigenvalue weighted by atomic mass is 10.2. The number of allylic oxidation sites excluding steroid dienone is 1. The van der Waals surface area contributed by atoms with Gasteiger partial charge in [-0.05, 0) is 31.3 Å². The molecule has 0 saturated carbocycles. The van der Waals surface area contributed by atoms with Crippen LogP contribution in [-0.4, -0.2) is 43.5 Å². The van der Waals surface area contributed by atoms with E-state index in [0.717, 1.165) is 5.52 Å². The average molecular weight is 386 g/mol. The van der Waals surface area contributed by atoms with Gasteiger partial charge < -0.3 is 15.1 Å². The number of nitrogens with one attached hydrogen (secondary N) is 2. The topological polar surface area (TPSA) is 122 Å². The van der Waals surface area contributed by atoms with E-state index in [1.165, 1.54) is 0 Å². The number of aromatic nitrogens is 4. The van der Waals surface area contributed by atoms with Gasteiger partial charge in [0.2, 0.25) is 0 Å². The van der Waals surface area contributed by atoms with E-state index in [2.05, 4.69) is 19.9 Å². The van der Waals surface area contributed by atoms with Gasteiger partial charge in [-0.2, -0.15) is 5.26 Å². The highest BCUT2D eigenvalue weighted by Crippen LogP contribution is 2.19. The molecule has 4 aromatic rings. The Hall–Kier alpha value is -3.96. The van der Waals surface area contributed by atoms with Gasteiger partial charge >= 0.3 is 0 Å². The standard InChI is InChI=1S/C21H18N6O2/c1-27(12-19-23-15-7-3-2-6-13(15)21(29)26-19)11-18(28)14(10-22)20-24-16-8-4-5-9-17(16)25-20/h2-9,28H,11-12H2,1H3,(H,24,25)(H,23,26,29). The molecule has 0 aliphatic heterocycles. The van der Waals surface area contributed by atoms with Crippen LogP contribution in [0.15, 0.2) is 59.1 Å². The number of imidazole rings is 1. The molecule has 3 N–H and O–H groups in total. The van der Waals surface area contributed by atoms with Gasteiger partial charge in [-0.3, -0.25) is 9.69 Å². The van der Waals surface area contributed by atoms with Gasteiger partial charge in [0.05, 0.1) is 35.0 Å². The predicted octanol–water partition coefficient (Wildman–Crippen LogP) is 2.72. The first-order valence-corrected chi connectivity index (χ1v) is 8.99. The van der Waals surface area contributed by atoms with Gasteiger partial charge in [0, 0.05) is 0 Å². The molecule has 0 radical (unpaired) electrons. The normalized spacial score (nSPS) is 12.3. The molecule has 0 fully saturated rings. The molecule has 144 valence electrons. The Morgan fingerprint density at radius 1 is 1.10 bits per heavy atom. The maximum Gasteiger partial charge on any atom is 0.258 e. The van der Waals surface area contributed by atoms with E-state index >= 15 is 0 Å². The third kappa shape index (κ3) is 3.72. The SMILES string of the molecule is CN(CC(O)=C(C#N)c1nc2ccccc2[nH]1)Cc1nc2ccccc2c(=O)[nH]1. The molecule has 4 rings (SSSR count). The number of nitriles is 1. The summed E-state index contributed by atoms with van der Waals surface area (Å²) in [4.78, 5) is 28.6. The molecule has 2 aromatic carbocycles. The first-order chi connectivity index (χ1) is 14.0. The van der Waals surface area contributed by atoms with Crippen molar-refractivity contribution in [1.82, 2.24) is 24.8 Å². The molecule has 0 unspecified atom stereocenters. The van der Waals surface area contributed by atoms with Gasteiger partial charge in [-0.15, -0.1) is 0 Å². The Morgan fingerprint density at radius 2 is 1.83 bits per heavy atom. The third-order valence-corrected chi connectivity index (χ3v) is 4.53. The summed E-state index contributed by atoms with van der Waals surface area (Å²) in [5.41, 5.74) is 1.98. The number of hydrogen-bond donors (Lipinski definition) is 3. The Balaban J connectivity index is 1.57. The minimum absolute atomic E-state index is 0.0769. The Kier molecular flexibility index (Phi) is 4.81. The van der Waals surface area contributed by atoms with Crippen LogP contribution in [0, 0.1) is 11.3 Å². The summed E-state index contributed by atoms with van der Waals surface area (Å²) in [6.45, 7) is 0.388. The molecular formula is C21H18N6O2. The molecule has 0 atom stereocenters. The lowest BCUT2D eigenvalue weighted by molar-refractivity contribution is 0.281. The van der Waals surface area contributed by atoms with Crippen LogP contribution in [0.2, 0.25) is 0 Å². The second kappa shape index (κ2) is 7.58. The summed E-state index contributed by atoms with van der Waals surface area (Å²) in [6, 6.07) is 16.5. The number of likely N-dealkylation sites (N-methyl/N-ethyl adjacent to an activating group) is 1. The van der Waals surface area contributed by atoms with Crippen molar-refractivity contribution in [2.75, 3.05) is 13.6 Å². The van der Waals surface area contributed by atoms with Crippen LogP contribution in [-0.2, 0) is 6.54 Å². The van der Waals surface area contributed by atoms with E-state index in [1.54, 1.807) is 30.1 Å². The summed E-state index contributed by atoms with van der Waals surface area (Å²) in [7, 11) is 1.76. The van der Waals surface area contributed by atoms with Crippen molar-refractivity contribution in [2.45, 2.75) is 6.54 Å². The van der Waals surface area contributed by atoms with Gasteiger partial charge in [0.1, 0.15) is 23.2 Å². The quantitative estimate of drug-likeness (QED) is 0.358. The van der Waals surface area contributed by atoms with Crippen molar-refractivity contribution < 1.29 is 5.11 Å². The summed E-state index contributed by atoms with van der Waals surface area (Å²) in [5, 5.41) is 20.6. The van der Waals surface area contributed by atoms with E-state index < -0.39 is 0 Å². The molecular weight excluding hydrogens is 368 g/mol. The smallest absolute Gasteiger partial charge is 0.258 e. The number of para-hydroxylation sites is 3. The van der Waals surface area contributed by atoms with Crippen LogP contribution in [0.3, 0.4) is 0 Å². The minimum atomic E-state index is -0.209. The van der Waals surface area contributed by atoms with E-state index in [4.69, 9.17) is 0 Å². The van der Waals surface area contributed by atoms with E-state index in [9.17, 15) is 15.2 Å². The number of aliphatic hydroxyl groups is 1. The molecule has 0 spiro atoms. The summed E-state index contributed by atoms with van der Waals surface area (Å²) >= 11 is 0. The molecule has 0 saturated heterocycles. The first-order valence-electron chi connectivity index (χ1n) is 8.99. The van der Waals surface area contributed by atoms with Gasteiger partial charge in [0.15, 0.2) is 5.82 Å². The predicted molar refractivity (Wildman–Crippen MR) is 110 cm³/mol. The zero-order valence-electron chi connectivity index (χ0n) is 15.7. The number of H-pyrrole nitrogens is 2. The van der Waals surface area contributed by atoms with Gasteiger partial charge in [-0.1, -0.05) is 24.3 Å². The maximum absolute atomic E-state index is 12.2. The molecule has 8 heteroatoms. The second-order valence-electron chi connectivity index (χ2n) is 6.74. The molecule has 0 amide bonds. The summed E-state index contributed by atoms with van der Waals surface area (Å²) in [6.07, 6.45) is 0. The second-order valence-corrected chi connectivity index (χ2v) is 6.74. The van der Waals surface area contributed by atoms with Crippen molar-refractivity contribution in [1.29, 1.82) is 5.26 Å². The Labute approximate surface area is 165 Å². The highest BCUT2D eigenvalue weighted by atomic mass is 16.3. The van der Waals surface area contributed by atoms with Crippen molar-refractivity contribution in [3.63, 3.8) is 0 Å². The van der Waals surface area contributed by atoms with Crippen LogP contribution >= 0.6 is 0 Å². The Bertz CT molecular complexity index is 1300. The monoisotopic (exact) mass is 386 g/mol. The van der Waals surface area contributed by atoms with E-state index in [1.807, 2.05) is 36.4 Å². The van der Waals surface area contributed by atoms with Gasteiger partial charge in [0.25, 0.3) is 5.56 Å². The zero-order valence-corrected chi connectivity index (χ0v) is 15.7. The van der Waals surface area contributed by atoms with Crippen LogP contribution in [0.4, 0.5) is 0 Å². The number of rotatable bonds is 5. The molecule has 8 nitrogen and oxygen atoms in total. The lowest BCUT2D eigenvalue weighted by Crippen LogP contribution is -2.24. The van der Waals surface area contributed by atoms with E-state index in [-0.39, 0.29) is 23.4 Å². The van der Waals surface area contributed by atoms with Gasteiger partial charge in [-0.25, -0.2) is 9.97 Å². The highest BCUT2D eigenvalue weighted by Gasteiger charge is 2.15. The fraction of sp³-hybridized carbons (Fsp3) is 0.143. The number of fused-ring (bicyclic) bond motifs is 2. The highest BCUT2D eigenvalue weighted by molar-refractivity contribution is 5.82. The zero-order chi connectivity index (χ0) is 20.4. The van der Waals surface area contributed by atoms with Crippen molar-refractivity contribution >= 4 is 27.5 Å². The molecule has 0 bridgehead atoms. The molecule has 29 heavy (non-hydrogen) atoms. The summed E-state index contributed by atoms with van der Waals surface area (Å²) < 4.78 is 0. The lowest BCUT2D eigenvalue weighted by Gasteiger charge is -2.16. The average Bonchev–Trinajstić information content (AvgIpc) is 3.12. The van der Waals surface area contributed by atoms with Crippen LogP contribution in [0.25, 0.3) is 27.5 Å². The van der Waals surface area contributed by atoms with Crippen molar-refractivity contribution in [3.8, 4) is 6.07 Å². The minimum Gasteiger partial charge on any atom is -0.509 e. The van der Waals surface area contributed by atoms with Crippen LogP contribution in [0.5, 0.6) is 0 Å². The Morgan fingerprint density at radius 3 is 2.59 bits per heavy atom. The molecule has 2 aromatic heterocycles. The molecule has 0 aliphatic rings. The number of aliphatic hydroxyl groups excluding tert-OH is 1. The van der Waals surface area contributed by atoms with Crippen molar-refractivity contribution in [2.24, 2.45) is 0 Å². The number of hydrogen-bond acceptors (Lipinski definition) is 6. The van der Waals surface area contributed by atoms with Crippen LogP contribution in [0.1, 0.15) is 11.6 Å². The summed E-state index contributed by atoms with van der Waals surface area (Å²) in [5.74, 6) is 0.681. The van der Waals surface area contributed by atoms with Crippen LogP contribution < -0.4 is 5.56 Å². The molecule has 0 aliphatic carbocycles. The van der Waals surface area contributed by atoms with E-state index in [0.29, 0.717) is 34.6 Å². The van der Waals surface area contributed by atoms with Crippen molar-refractivity contribution in [3.05, 3.63) is 76.3 Å². The molecule has 2 heterocycles. The maximum atomic E-state index is 12.2. The number of nitrogens with zero attached hydrogens (tertiary/aromatic N) is 4. The number of benzene rings is 2. The fourth-order valence-corrected chi connectivity index (χ4v) is 3.18. The third-order valence-electron chi connectivity index (χ3n) is 4.53. The largest absolute Gasteiger partial charge is 0.509 e.